The van der Waals surface area contributed by atoms with Gasteiger partial charge in [-0.3, -0.25) is 14.4 Å². The van der Waals surface area contributed by atoms with Crippen LogP contribution in [-0.4, -0.2) is 40.4 Å². The maximum Gasteiger partial charge on any atom is 0.306 e. The fourth-order valence-electron chi connectivity index (χ4n) is 3.15. The van der Waals surface area contributed by atoms with E-state index in [4.69, 9.17) is 10.8 Å². The van der Waals surface area contributed by atoms with Gasteiger partial charge < -0.3 is 15.7 Å². The monoisotopic (exact) mass is 268 g/mol. The van der Waals surface area contributed by atoms with Gasteiger partial charge in [0, 0.05) is 12.5 Å². The molecule has 1 aliphatic carbocycles. The summed E-state index contributed by atoms with van der Waals surface area (Å²) in [7, 11) is 0. The predicted octanol–water partition coefficient (Wildman–Crippen LogP) is 0.354. The van der Waals surface area contributed by atoms with Crippen molar-refractivity contribution in [3.8, 4) is 0 Å². The molecule has 0 bridgehead atoms. The Morgan fingerprint density at radius 3 is 2.11 bits per heavy atom. The van der Waals surface area contributed by atoms with E-state index < -0.39 is 17.9 Å². The largest absolute Gasteiger partial charge is 0.481 e. The van der Waals surface area contributed by atoms with Crippen LogP contribution in [0.5, 0.6) is 0 Å². The van der Waals surface area contributed by atoms with Crippen LogP contribution >= 0.6 is 0 Å². The highest BCUT2D eigenvalue weighted by Gasteiger charge is 2.38. The van der Waals surface area contributed by atoms with Crippen LogP contribution in [-0.2, 0) is 14.4 Å². The normalized spacial score (nSPS) is 31.2. The van der Waals surface area contributed by atoms with E-state index in [1.165, 1.54) is 0 Å². The van der Waals surface area contributed by atoms with E-state index in [1.54, 1.807) is 4.90 Å². The Balaban J connectivity index is 1.94. The SMILES string of the molecule is NC(=O)C1CCCN1C(=O)C1CCC(C(=O)O)CC1. The molecule has 1 unspecified atom stereocenters. The maximum absolute atomic E-state index is 12.4. The van der Waals surface area contributed by atoms with Crippen LogP contribution in [0, 0.1) is 11.8 Å². The van der Waals surface area contributed by atoms with Gasteiger partial charge in [-0.25, -0.2) is 0 Å². The summed E-state index contributed by atoms with van der Waals surface area (Å²) in [6.45, 7) is 0.589. The molecule has 2 rings (SSSR count). The van der Waals surface area contributed by atoms with Crippen molar-refractivity contribution < 1.29 is 19.5 Å². The van der Waals surface area contributed by atoms with Crippen LogP contribution in [0.2, 0.25) is 0 Å². The Labute approximate surface area is 111 Å². The van der Waals surface area contributed by atoms with E-state index in [2.05, 4.69) is 0 Å². The van der Waals surface area contributed by atoms with Gasteiger partial charge >= 0.3 is 5.97 Å². The fraction of sp³-hybridized carbons (Fsp3) is 0.769. The summed E-state index contributed by atoms with van der Waals surface area (Å²) in [6, 6.07) is -0.468. The van der Waals surface area contributed by atoms with Crippen LogP contribution < -0.4 is 5.73 Å². The molecule has 2 aliphatic rings. The Bertz CT molecular complexity index is 388. The lowest BCUT2D eigenvalue weighted by molar-refractivity contribution is -0.146. The second kappa shape index (κ2) is 5.59. The van der Waals surface area contributed by atoms with Crippen molar-refractivity contribution in [3.05, 3.63) is 0 Å². The highest BCUT2D eigenvalue weighted by atomic mass is 16.4. The third-order valence-electron chi connectivity index (χ3n) is 4.29. The smallest absolute Gasteiger partial charge is 0.306 e. The first-order chi connectivity index (χ1) is 9.00. The number of hydrogen-bond acceptors (Lipinski definition) is 3. The van der Waals surface area contributed by atoms with E-state index in [0.29, 0.717) is 38.6 Å². The molecule has 106 valence electrons. The number of nitrogens with two attached hydrogens (primary N) is 1. The van der Waals surface area contributed by atoms with Crippen molar-refractivity contribution in [1.82, 2.24) is 4.90 Å². The molecule has 6 heteroatoms. The Hall–Kier alpha value is -1.59. The van der Waals surface area contributed by atoms with Gasteiger partial charge in [-0.05, 0) is 38.5 Å². The van der Waals surface area contributed by atoms with Crippen LogP contribution in [0.3, 0.4) is 0 Å². The molecule has 0 aromatic rings. The highest BCUT2D eigenvalue weighted by Crippen LogP contribution is 2.32. The molecule has 0 spiro atoms. The number of rotatable bonds is 3. The van der Waals surface area contributed by atoms with Crippen LogP contribution in [0.1, 0.15) is 38.5 Å². The van der Waals surface area contributed by atoms with Gasteiger partial charge in [-0.2, -0.15) is 0 Å². The van der Waals surface area contributed by atoms with Crippen molar-refractivity contribution in [1.29, 1.82) is 0 Å². The summed E-state index contributed by atoms with van der Waals surface area (Å²) >= 11 is 0. The topological polar surface area (TPSA) is 101 Å². The molecular formula is C13H20N2O4. The molecule has 1 heterocycles. The number of hydrogen-bond donors (Lipinski definition) is 2. The first-order valence-corrected chi connectivity index (χ1v) is 6.83. The quantitative estimate of drug-likeness (QED) is 0.771. The minimum Gasteiger partial charge on any atom is -0.481 e. The second-order valence-electron chi connectivity index (χ2n) is 5.48. The van der Waals surface area contributed by atoms with Crippen LogP contribution in [0.4, 0.5) is 0 Å². The number of carboxylic acids is 1. The second-order valence-corrected chi connectivity index (χ2v) is 5.48. The standard InChI is InChI=1S/C13H20N2O4/c14-11(16)10-2-1-7-15(10)12(17)8-3-5-9(6-4-8)13(18)19/h8-10H,1-7H2,(H2,14,16)(H,18,19). The van der Waals surface area contributed by atoms with E-state index in [0.717, 1.165) is 6.42 Å². The van der Waals surface area contributed by atoms with Gasteiger partial charge in [0.1, 0.15) is 6.04 Å². The minimum atomic E-state index is -0.776. The Kier molecular flexibility index (Phi) is 4.07. The Morgan fingerprint density at radius 2 is 1.58 bits per heavy atom. The van der Waals surface area contributed by atoms with Gasteiger partial charge in [0.05, 0.1) is 5.92 Å². The summed E-state index contributed by atoms with van der Waals surface area (Å²) < 4.78 is 0. The number of carbonyl (C=O) groups is 3. The molecule has 2 fully saturated rings. The molecule has 2 amide bonds. The lowest BCUT2D eigenvalue weighted by Gasteiger charge is -2.31. The van der Waals surface area contributed by atoms with Gasteiger partial charge in [0.2, 0.25) is 11.8 Å². The van der Waals surface area contributed by atoms with Crippen molar-refractivity contribution in [2.75, 3.05) is 6.54 Å². The maximum atomic E-state index is 12.4. The molecule has 1 atom stereocenters. The molecule has 1 saturated carbocycles. The summed E-state index contributed by atoms with van der Waals surface area (Å²) in [4.78, 5) is 36.1. The van der Waals surface area contributed by atoms with Gasteiger partial charge in [-0.15, -0.1) is 0 Å². The number of likely N-dealkylation sites (tertiary alicyclic amines) is 1. The molecule has 19 heavy (non-hydrogen) atoms. The van der Waals surface area contributed by atoms with E-state index >= 15 is 0 Å². The molecule has 1 saturated heterocycles. The molecule has 6 nitrogen and oxygen atoms in total. The lowest BCUT2D eigenvalue weighted by Crippen LogP contribution is -2.46. The Morgan fingerprint density at radius 1 is 1.00 bits per heavy atom. The average Bonchev–Trinajstić information content (AvgIpc) is 2.87. The number of carbonyl (C=O) groups excluding carboxylic acids is 2. The first-order valence-electron chi connectivity index (χ1n) is 6.83. The number of primary amides is 1. The average molecular weight is 268 g/mol. The third kappa shape index (κ3) is 2.88. The predicted molar refractivity (Wildman–Crippen MR) is 67.0 cm³/mol. The van der Waals surface area contributed by atoms with Crippen molar-refractivity contribution in [2.45, 2.75) is 44.6 Å². The van der Waals surface area contributed by atoms with Crippen molar-refractivity contribution in [3.63, 3.8) is 0 Å². The van der Waals surface area contributed by atoms with E-state index in [1.807, 2.05) is 0 Å². The summed E-state index contributed by atoms with van der Waals surface area (Å²) in [5.41, 5.74) is 5.31. The molecule has 0 radical (unpaired) electrons. The van der Waals surface area contributed by atoms with Crippen molar-refractivity contribution in [2.24, 2.45) is 17.6 Å². The van der Waals surface area contributed by atoms with Crippen LogP contribution in [0.25, 0.3) is 0 Å². The molecule has 3 N–H and O–H groups in total. The zero-order chi connectivity index (χ0) is 14.0. The number of aliphatic carboxylic acids is 1. The van der Waals surface area contributed by atoms with Gasteiger partial charge in [0.25, 0.3) is 0 Å². The van der Waals surface area contributed by atoms with Crippen LogP contribution in [0.15, 0.2) is 0 Å². The summed E-state index contributed by atoms with van der Waals surface area (Å²) in [6.07, 6.45) is 3.73. The molecule has 0 aromatic heterocycles. The van der Waals surface area contributed by atoms with E-state index in [9.17, 15) is 14.4 Å². The number of amides is 2. The highest BCUT2D eigenvalue weighted by molar-refractivity contribution is 5.88. The molecule has 1 aliphatic heterocycles. The number of nitrogens with zero attached hydrogens (tertiary/aromatic N) is 1. The zero-order valence-electron chi connectivity index (χ0n) is 10.9. The van der Waals surface area contributed by atoms with Crippen molar-refractivity contribution >= 4 is 17.8 Å². The molecular weight excluding hydrogens is 248 g/mol. The van der Waals surface area contributed by atoms with Gasteiger partial charge in [-0.1, -0.05) is 0 Å². The summed E-state index contributed by atoms with van der Waals surface area (Å²) in [5, 5.41) is 8.93. The minimum absolute atomic E-state index is 0.0230. The number of carboxylic acid groups (broad SMARTS) is 1. The zero-order valence-corrected chi connectivity index (χ0v) is 10.9. The summed E-state index contributed by atoms with van der Waals surface area (Å²) in [5.74, 6) is -1.71. The van der Waals surface area contributed by atoms with Gasteiger partial charge in [0.15, 0.2) is 0 Å². The van der Waals surface area contributed by atoms with E-state index in [-0.39, 0.29) is 17.7 Å². The lowest BCUT2D eigenvalue weighted by atomic mass is 9.81. The third-order valence-corrected chi connectivity index (χ3v) is 4.29. The molecule has 0 aromatic carbocycles. The fourth-order valence-corrected chi connectivity index (χ4v) is 3.15. The first kappa shape index (κ1) is 13.8.